The van der Waals surface area contributed by atoms with Gasteiger partial charge in [0, 0.05) is 11.3 Å². The number of carbonyl (C=O) groups excluding carboxylic acids is 1. The molecule has 0 aliphatic carbocycles. The van der Waals surface area contributed by atoms with E-state index in [0.717, 1.165) is 5.69 Å². The van der Waals surface area contributed by atoms with Crippen LogP contribution in [0.15, 0.2) is 72.8 Å². The third-order valence-corrected chi connectivity index (χ3v) is 4.08. The molecule has 0 saturated heterocycles. The van der Waals surface area contributed by atoms with Gasteiger partial charge in [0.05, 0.1) is 22.3 Å². The van der Waals surface area contributed by atoms with E-state index in [0.29, 0.717) is 27.6 Å². The predicted octanol–water partition coefficient (Wildman–Crippen LogP) is 4.91. The molecule has 0 fully saturated rings. The zero-order chi connectivity index (χ0) is 19.1. The number of hydrogen-bond donors (Lipinski definition) is 2. The van der Waals surface area contributed by atoms with E-state index in [-0.39, 0.29) is 12.6 Å². The number of amides is 1. The van der Waals surface area contributed by atoms with Crippen molar-refractivity contribution in [3.63, 3.8) is 0 Å². The molecule has 3 aromatic rings. The Labute approximate surface area is 162 Å². The molecule has 0 atom stereocenters. The van der Waals surface area contributed by atoms with Gasteiger partial charge in [-0.2, -0.15) is 5.26 Å². The average Bonchev–Trinajstić information content (AvgIpc) is 2.71. The van der Waals surface area contributed by atoms with Gasteiger partial charge in [0.1, 0.15) is 5.75 Å². The number of carbonyl (C=O) groups is 1. The van der Waals surface area contributed by atoms with Gasteiger partial charge in [0.2, 0.25) is 0 Å². The Morgan fingerprint density at radius 2 is 1.78 bits per heavy atom. The lowest BCUT2D eigenvalue weighted by molar-refractivity contribution is 0.102. The minimum Gasteiger partial charge on any atom is -0.473 e. The van der Waals surface area contributed by atoms with Crippen molar-refractivity contribution in [1.29, 1.82) is 5.26 Å². The quantitative estimate of drug-likeness (QED) is 0.598. The van der Waals surface area contributed by atoms with Crippen molar-refractivity contribution in [2.24, 2.45) is 0 Å². The largest absolute Gasteiger partial charge is 0.473 e. The summed E-state index contributed by atoms with van der Waals surface area (Å²) in [5.41, 5.74) is 2.38. The monoisotopic (exact) mass is 377 g/mol. The molecule has 0 aliphatic heterocycles. The summed E-state index contributed by atoms with van der Waals surface area (Å²) in [6, 6.07) is 23.0. The van der Waals surface area contributed by atoms with Crippen molar-refractivity contribution >= 4 is 28.9 Å². The number of nitrogens with one attached hydrogen (secondary N) is 2. The molecule has 0 radical (unpaired) electrons. The summed E-state index contributed by atoms with van der Waals surface area (Å²) in [6.07, 6.45) is 0. The van der Waals surface area contributed by atoms with Gasteiger partial charge in [-0.15, -0.1) is 0 Å². The number of anilines is 2. The second kappa shape index (κ2) is 8.75. The Hall–Kier alpha value is -3.49. The molecule has 0 aromatic heterocycles. The van der Waals surface area contributed by atoms with Gasteiger partial charge in [0.15, 0.2) is 6.73 Å². The van der Waals surface area contributed by atoms with E-state index < -0.39 is 0 Å². The molecule has 6 heteroatoms. The fourth-order valence-electron chi connectivity index (χ4n) is 2.34. The van der Waals surface area contributed by atoms with Crippen LogP contribution in [0.4, 0.5) is 11.4 Å². The van der Waals surface area contributed by atoms with Crippen molar-refractivity contribution in [2.75, 3.05) is 17.4 Å². The third kappa shape index (κ3) is 5.00. The molecule has 3 rings (SSSR count). The first-order valence-electron chi connectivity index (χ1n) is 8.18. The number of ether oxygens (including phenoxy) is 1. The molecule has 0 heterocycles. The van der Waals surface area contributed by atoms with Gasteiger partial charge in [0.25, 0.3) is 5.91 Å². The summed E-state index contributed by atoms with van der Waals surface area (Å²) in [6.45, 7) is 0.222. The first kappa shape index (κ1) is 18.3. The van der Waals surface area contributed by atoms with Crippen LogP contribution in [0.2, 0.25) is 5.02 Å². The molecular formula is C21H16ClN3O2. The average molecular weight is 378 g/mol. The molecule has 0 aliphatic rings. The van der Waals surface area contributed by atoms with E-state index in [2.05, 4.69) is 16.7 Å². The smallest absolute Gasteiger partial charge is 0.255 e. The number of hydrogen-bond acceptors (Lipinski definition) is 4. The normalized spacial score (nSPS) is 9.93. The number of nitrogens with zero attached hydrogens (tertiary/aromatic N) is 1. The summed E-state index contributed by atoms with van der Waals surface area (Å²) in [5.74, 6) is 0.413. The van der Waals surface area contributed by atoms with E-state index in [1.54, 1.807) is 66.7 Å². The van der Waals surface area contributed by atoms with E-state index in [4.69, 9.17) is 21.6 Å². The number of halogens is 1. The number of rotatable bonds is 6. The first-order valence-corrected chi connectivity index (χ1v) is 8.56. The summed E-state index contributed by atoms with van der Waals surface area (Å²) < 4.78 is 5.59. The van der Waals surface area contributed by atoms with Crippen LogP contribution >= 0.6 is 11.6 Å². The highest BCUT2D eigenvalue weighted by atomic mass is 35.5. The number of nitriles is 1. The Kier molecular flexibility index (Phi) is 5.93. The molecular weight excluding hydrogens is 362 g/mol. The van der Waals surface area contributed by atoms with Gasteiger partial charge in [-0.05, 0) is 54.6 Å². The fourth-order valence-corrected chi connectivity index (χ4v) is 2.51. The van der Waals surface area contributed by atoms with Gasteiger partial charge < -0.3 is 15.4 Å². The van der Waals surface area contributed by atoms with E-state index in [9.17, 15) is 4.79 Å². The Bertz CT molecular complexity index is 967. The maximum atomic E-state index is 12.3. The predicted molar refractivity (Wildman–Crippen MR) is 106 cm³/mol. The molecule has 2 N–H and O–H groups in total. The zero-order valence-electron chi connectivity index (χ0n) is 14.3. The lowest BCUT2D eigenvalue weighted by atomic mass is 10.2. The molecule has 134 valence electrons. The maximum Gasteiger partial charge on any atom is 0.255 e. The summed E-state index contributed by atoms with van der Waals surface area (Å²) in [4.78, 5) is 12.3. The zero-order valence-corrected chi connectivity index (χ0v) is 15.0. The summed E-state index contributed by atoms with van der Waals surface area (Å²) in [5, 5.41) is 15.1. The van der Waals surface area contributed by atoms with Gasteiger partial charge in [-0.25, -0.2) is 0 Å². The number of benzene rings is 3. The van der Waals surface area contributed by atoms with E-state index >= 15 is 0 Å². The second-order valence-corrected chi connectivity index (χ2v) is 6.02. The van der Waals surface area contributed by atoms with Gasteiger partial charge in [-0.1, -0.05) is 29.8 Å². The minimum absolute atomic E-state index is 0.222. The molecule has 27 heavy (non-hydrogen) atoms. The Balaban J connectivity index is 1.61. The van der Waals surface area contributed by atoms with Crippen molar-refractivity contribution in [2.45, 2.75) is 0 Å². The van der Waals surface area contributed by atoms with Crippen LogP contribution in [0.1, 0.15) is 15.9 Å². The SMILES string of the molecule is N#Cc1ccc(OCNc2ccc(Cl)c(NC(=O)c3ccccc3)c2)cc1. The highest BCUT2D eigenvalue weighted by molar-refractivity contribution is 6.34. The molecule has 0 bridgehead atoms. The minimum atomic E-state index is -0.233. The summed E-state index contributed by atoms with van der Waals surface area (Å²) in [7, 11) is 0. The van der Waals surface area contributed by atoms with Crippen LogP contribution in [0.3, 0.4) is 0 Å². The lowest BCUT2D eigenvalue weighted by Gasteiger charge is -2.12. The third-order valence-electron chi connectivity index (χ3n) is 3.75. The van der Waals surface area contributed by atoms with E-state index in [1.165, 1.54) is 0 Å². The topological polar surface area (TPSA) is 74.2 Å². The van der Waals surface area contributed by atoms with Crippen LogP contribution in [-0.2, 0) is 0 Å². The van der Waals surface area contributed by atoms with Crippen molar-refractivity contribution in [3.05, 3.63) is 88.9 Å². The van der Waals surface area contributed by atoms with E-state index in [1.807, 2.05) is 6.07 Å². The molecule has 1 amide bonds. The van der Waals surface area contributed by atoms with Crippen molar-refractivity contribution < 1.29 is 9.53 Å². The molecule has 0 unspecified atom stereocenters. The summed E-state index contributed by atoms with van der Waals surface area (Å²) >= 11 is 6.19. The second-order valence-electron chi connectivity index (χ2n) is 5.62. The van der Waals surface area contributed by atoms with Crippen LogP contribution in [0.25, 0.3) is 0 Å². The van der Waals surface area contributed by atoms with Gasteiger partial charge in [-0.3, -0.25) is 4.79 Å². The molecule has 3 aromatic carbocycles. The van der Waals surface area contributed by atoms with Crippen LogP contribution in [0.5, 0.6) is 5.75 Å². The van der Waals surface area contributed by atoms with Crippen LogP contribution in [-0.4, -0.2) is 12.6 Å². The Morgan fingerprint density at radius 1 is 1.04 bits per heavy atom. The first-order chi connectivity index (χ1) is 13.2. The maximum absolute atomic E-state index is 12.3. The molecule has 0 saturated carbocycles. The van der Waals surface area contributed by atoms with Crippen molar-refractivity contribution in [1.82, 2.24) is 0 Å². The van der Waals surface area contributed by atoms with Gasteiger partial charge >= 0.3 is 0 Å². The highest BCUT2D eigenvalue weighted by Gasteiger charge is 2.09. The molecule has 5 nitrogen and oxygen atoms in total. The fraction of sp³-hybridized carbons (Fsp3) is 0.0476. The Morgan fingerprint density at radius 3 is 2.48 bits per heavy atom. The standard InChI is InChI=1S/C21H16ClN3O2/c22-19-11-8-17(24-14-27-18-9-6-15(13-23)7-10-18)12-20(19)25-21(26)16-4-2-1-3-5-16/h1-12,24H,14H2,(H,25,26). The van der Waals surface area contributed by atoms with Crippen LogP contribution in [0, 0.1) is 11.3 Å². The molecule has 0 spiro atoms. The van der Waals surface area contributed by atoms with Crippen LogP contribution < -0.4 is 15.4 Å². The lowest BCUT2D eigenvalue weighted by Crippen LogP contribution is -2.13. The highest BCUT2D eigenvalue weighted by Crippen LogP contribution is 2.26. The van der Waals surface area contributed by atoms with Crippen molar-refractivity contribution in [3.8, 4) is 11.8 Å².